The number of hydrogen-bond acceptors (Lipinski definition) is 6. The maximum absolute atomic E-state index is 15.2. The van der Waals surface area contributed by atoms with Crippen molar-refractivity contribution in [2.24, 2.45) is 0 Å². The number of ether oxygens (including phenoxy) is 3. The maximum Gasteiger partial charge on any atom is 0.262 e. The summed E-state index contributed by atoms with van der Waals surface area (Å²) in [5.74, 6) is 0.346. The first-order valence-electron chi connectivity index (χ1n) is 12.1. The van der Waals surface area contributed by atoms with Crippen molar-refractivity contribution in [2.45, 2.75) is 31.1 Å². The molecule has 2 aliphatic rings. The van der Waals surface area contributed by atoms with E-state index < -0.39 is 0 Å². The van der Waals surface area contributed by atoms with Gasteiger partial charge in [-0.05, 0) is 68.7 Å². The highest BCUT2D eigenvalue weighted by Crippen LogP contribution is 2.28. The average Bonchev–Trinajstić information content (AvgIpc) is 3.53. The lowest BCUT2D eigenvalue weighted by Gasteiger charge is -2.23. The van der Waals surface area contributed by atoms with Gasteiger partial charge < -0.3 is 24.0 Å². The van der Waals surface area contributed by atoms with E-state index in [1.165, 1.54) is 10.6 Å². The second kappa shape index (κ2) is 9.97. The van der Waals surface area contributed by atoms with Crippen molar-refractivity contribution in [3.8, 4) is 11.4 Å². The number of benzene rings is 2. The molecular weight excluding hydrogens is 449 g/mol. The number of fused-ring (bicyclic) bond motifs is 1. The summed E-state index contributed by atoms with van der Waals surface area (Å²) in [6.45, 7) is 2.58. The van der Waals surface area contributed by atoms with Gasteiger partial charge in [-0.1, -0.05) is 0 Å². The molecule has 2 fully saturated rings. The van der Waals surface area contributed by atoms with E-state index in [2.05, 4.69) is 4.90 Å². The second-order valence-electron chi connectivity index (χ2n) is 9.53. The summed E-state index contributed by atoms with van der Waals surface area (Å²) >= 11 is 0. The largest absolute Gasteiger partial charge is 0.491 e. The SMILES string of the molecule is CO[C@@H]1CN(c2ccc(-n3ccc4cc(OC[C@H]5CCCO5)ccc4c3=O)cc2F)C[C@H]1N(C)C. The minimum absolute atomic E-state index is 0.00624. The van der Waals surface area contributed by atoms with Crippen LogP contribution in [0.5, 0.6) is 5.75 Å². The number of pyridine rings is 1. The Morgan fingerprint density at radius 1 is 1.14 bits per heavy atom. The number of likely N-dealkylation sites (N-methyl/N-ethyl adjacent to an activating group) is 1. The van der Waals surface area contributed by atoms with Gasteiger partial charge in [-0.25, -0.2) is 4.39 Å². The zero-order valence-corrected chi connectivity index (χ0v) is 20.4. The summed E-state index contributed by atoms with van der Waals surface area (Å²) in [5, 5.41) is 1.34. The Hall–Kier alpha value is -2.94. The maximum atomic E-state index is 15.2. The summed E-state index contributed by atoms with van der Waals surface area (Å²) in [4.78, 5) is 17.3. The van der Waals surface area contributed by atoms with Crippen molar-refractivity contribution in [1.29, 1.82) is 0 Å². The van der Waals surface area contributed by atoms with Gasteiger partial charge in [0.25, 0.3) is 5.56 Å². The summed E-state index contributed by atoms with van der Waals surface area (Å²) in [5.41, 5.74) is 0.805. The van der Waals surface area contributed by atoms with Crippen LogP contribution in [0, 0.1) is 5.82 Å². The lowest BCUT2D eigenvalue weighted by molar-refractivity contribution is 0.0639. The molecule has 186 valence electrons. The van der Waals surface area contributed by atoms with Crippen LogP contribution < -0.4 is 15.2 Å². The van der Waals surface area contributed by atoms with Gasteiger partial charge >= 0.3 is 0 Å². The Bertz CT molecular complexity index is 1250. The Morgan fingerprint density at radius 2 is 2.00 bits per heavy atom. The fourth-order valence-corrected chi connectivity index (χ4v) is 5.07. The van der Waals surface area contributed by atoms with E-state index >= 15 is 4.39 Å². The number of methoxy groups -OCH3 is 1. The van der Waals surface area contributed by atoms with Gasteiger partial charge in [0.05, 0.1) is 29.6 Å². The normalized spacial score (nSPS) is 22.4. The van der Waals surface area contributed by atoms with Crippen molar-refractivity contribution in [1.82, 2.24) is 9.47 Å². The monoisotopic (exact) mass is 481 g/mol. The number of halogens is 1. The predicted molar refractivity (Wildman–Crippen MR) is 134 cm³/mol. The molecule has 2 aliphatic heterocycles. The van der Waals surface area contributed by atoms with E-state index in [1.54, 1.807) is 37.6 Å². The molecule has 3 aromatic rings. The molecule has 0 radical (unpaired) electrons. The third kappa shape index (κ3) is 4.78. The smallest absolute Gasteiger partial charge is 0.262 e. The first-order valence-corrected chi connectivity index (χ1v) is 12.1. The molecule has 0 saturated carbocycles. The van der Waals surface area contributed by atoms with Crippen molar-refractivity contribution in [3.63, 3.8) is 0 Å². The standard InChI is InChI=1S/C27H32FN3O4/c1-29(2)25-15-30(16-26(25)33-3)24-9-6-19(14-23(24)28)31-11-10-18-13-20(7-8-22(18)27(31)32)35-17-21-5-4-12-34-21/h6-11,13-14,21,25-26H,4-5,12,15-17H2,1-3H3/t21-,25-,26-/m1/s1. The molecule has 8 heteroatoms. The van der Waals surface area contributed by atoms with Crippen molar-refractivity contribution in [3.05, 3.63) is 64.8 Å². The number of aromatic nitrogens is 1. The van der Waals surface area contributed by atoms with E-state index in [-0.39, 0.29) is 29.6 Å². The third-order valence-corrected chi connectivity index (χ3v) is 7.09. The van der Waals surface area contributed by atoms with E-state index in [4.69, 9.17) is 14.2 Å². The highest BCUT2D eigenvalue weighted by atomic mass is 19.1. The van der Waals surface area contributed by atoms with Gasteiger partial charge in [0.15, 0.2) is 0 Å². The topological polar surface area (TPSA) is 56.2 Å². The second-order valence-corrected chi connectivity index (χ2v) is 9.53. The van der Waals surface area contributed by atoms with Gasteiger partial charge in [-0.2, -0.15) is 0 Å². The molecule has 0 amide bonds. The third-order valence-electron chi connectivity index (χ3n) is 7.09. The van der Waals surface area contributed by atoms with E-state index in [0.29, 0.717) is 42.2 Å². The van der Waals surface area contributed by atoms with Crippen molar-refractivity contribution in [2.75, 3.05) is 52.4 Å². The first-order chi connectivity index (χ1) is 16.9. The number of anilines is 1. The zero-order valence-electron chi connectivity index (χ0n) is 20.4. The van der Waals surface area contributed by atoms with Crippen LogP contribution in [0.2, 0.25) is 0 Å². The molecular formula is C27H32FN3O4. The fourth-order valence-electron chi connectivity index (χ4n) is 5.07. The number of hydrogen-bond donors (Lipinski definition) is 0. The Labute approximate surface area is 204 Å². The molecule has 0 bridgehead atoms. The van der Waals surface area contributed by atoms with Crippen molar-refractivity contribution < 1.29 is 18.6 Å². The van der Waals surface area contributed by atoms with Crippen LogP contribution in [0.15, 0.2) is 53.5 Å². The first kappa shape index (κ1) is 23.8. The molecule has 1 aromatic heterocycles. The van der Waals surface area contributed by atoms with Crippen LogP contribution in [-0.4, -0.2) is 75.2 Å². The summed E-state index contributed by atoms with van der Waals surface area (Å²) < 4.78 is 33.8. The van der Waals surface area contributed by atoms with Gasteiger partial charge in [0.2, 0.25) is 0 Å². The molecule has 7 nitrogen and oxygen atoms in total. The summed E-state index contributed by atoms with van der Waals surface area (Å²) in [6, 6.07) is 12.4. The van der Waals surface area contributed by atoms with E-state index in [9.17, 15) is 4.79 Å². The van der Waals surface area contributed by atoms with Crippen LogP contribution in [0.25, 0.3) is 16.5 Å². The average molecular weight is 482 g/mol. The lowest BCUT2D eigenvalue weighted by Crippen LogP contribution is -2.39. The molecule has 2 saturated heterocycles. The molecule has 0 aliphatic carbocycles. The Kier molecular flexibility index (Phi) is 6.77. The minimum atomic E-state index is -0.360. The van der Waals surface area contributed by atoms with E-state index in [1.807, 2.05) is 31.1 Å². The summed E-state index contributed by atoms with van der Waals surface area (Å²) in [7, 11) is 5.70. The minimum Gasteiger partial charge on any atom is -0.491 e. The van der Waals surface area contributed by atoms with E-state index in [0.717, 1.165) is 24.8 Å². The quantitative estimate of drug-likeness (QED) is 0.515. The molecule has 0 unspecified atom stereocenters. The number of nitrogens with zero attached hydrogens (tertiary/aromatic N) is 3. The van der Waals surface area contributed by atoms with Crippen LogP contribution >= 0.6 is 0 Å². The Morgan fingerprint density at radius 3 is 2.69 bits per heavy atom. The summed E-state index contributed by atoms with van der Waals surface area (Å²) in [6.07, 6.45) is 3.89. The zero-order chi connectivity index (χ0) is 24.5. The molecule has 0 N–H and O–H groups in total. The van der Waals surface area contributed by atoms with Crippen LogP contribution in [0.4, 0.5) is 10.1 Å². The highest BCUT2D eigenvalue weighted by molar-refractivity contribution is 5.83. The molecule has 5 rings (SSSR count). The van der Waals surface area contributed by atoms with Crippen molar-refractivity contribution >= 4 is 16.5 Å². The van der Waals surface area contributed by atoms with Gasteiger partial charge in [-0.3, -0.25) is 9.36 Å². The fraction of sp³-hybridized carbons (Fsp3) is 0.444. The Balaban J connectivity index is 1.37. The van der Waals surface area contributed by atoms with Crippen LogP contribution in [0.3, 0.4) is 0 Å². The van der Waals surface area contributed by atoms with Gasteiger partial charge in [0.1, 0.15) is 18.2 Å². The number of rotatable bonds is 7. The lowest BCUT2D eigenvalue weighted by atomic mass is 10.1. The predicted octanol–water partition coefficient (Wildman–Crippen LogP) is 3.45. The van der Waals surface area contributed by atoms with Gasteiger partial charge in [-0.15, -0.1) is 0 Å². The highest BCUT2D eigenvalue weighted by Gasteiger charge is 2.35. The molecule has 0 spiro atoms. The van der Waals surface area contributed by atoms with Gasteiger partial charge in [0, 0.05) is 44.5 Å². The van der Waals surface area contributed by atoms with Crippen LogP contribution in [0.1, 0.15) is 12.8 Å². The molecule has 35 heavy (non-hydrogen) atoms. The molecule has 3 atom stereocenters. The molecule has 3 heterocycles. The molecule has 2 aromatic carbocycles. The van der Waals surface area contributed by atoms with Crippen LogP contribution in [-0.2, 0) is 9.47 Å².